The largest absolute Gasteiger partial charge is 0.396 e. The molecule has 22 heavy (non-hydrogen) atoms. The van der Waals surface area contributed by atoms with Gasteiger partial charge in [0.05, 0.1) is 23.3 Å². The van der Waals surface area contributed by atoms with Gasteiger partial charge in [-0.05, 0) is 31.9 Å². The Morgan fingerprint density at radius 1 is 1.23 bits per heavy atom. The second-order valence-electron chi connectivity index (χ2n) is 5.35. The van der Waals surface area contributed by atoms with Gasteiger partial charge in [0, 0.05) is 11.8 Å². The number of nitrogens with zero attached hydrogens (tertiary/aromatic N) is 4. The minimum Gasteiger partial charge on any atom is -0.396 e. The molecule has 0 atom stereocenters. The molecule has 0 aliphatic heterocycles. The highest BCUT2D eigenvalue weighted by atomic mass is 15.3. The van der Waals surface area contributed by atoms with E-state index in [2.05, 4.69) is 34.1 Å². The molecular formula is C17H19N5. The van der Waals surface area contributed by atoms with Crippen molar-refractivity contribution in [2.24, 2.45) is 0 Å². The van der Waals surface area contributed by atoms with Crippen LogP contribution in [0.1, 0.15) is 23.9 Å². The number of hydrogen-bond donors (Lipinski definition) is 1. The van der Waals surface area contributed by atoms with Crippen molar-refractivity contribution < 1.29 is 0 Å². The first kappa shape index (κ1) is 14.3. The lowest BCUT2D eigenvalue weighted by molar-refractivity contribution is 0.818. The fraction of sp³-hybridized carbons (Fsp3) is 0.235. The quantitative estimate of drug-likeness (QED) is 0.805. The number of hydrogen-bond acceptors (Lipinski definition) is 4. The minimum absolute atomic E-state index is 0.635. The highest BCUT2D eigenvalue weighted by molar-refractivity contribution is 5.72. The highest BCUT2D eigenvalue weighted by Crippen LogP contribution is 2.26. The zero-order valence-corrected chi connectivity index (χ0v) is 13.0. The topological polar surface area (TPSA) is 69.6 Å². The normalized spacial score (nSPS) is 10.9. The van der Waals surface area contributed by atoms with Crippen molar-refractivity contribution in [1.29, 1.82) is 0 Å². The standard InChI is InChI=1S/C17H19N5/c1-4-13-6-5-7-14(8-13)16-15(18)10-22(21-16)17-12(3)19-9-11(2)20-17/h5-10H,4,18H2,1-3H3. The summed E-state index contributed by atoms with van der Waals surface area (Å²) in [4.78, 5) is 8.84. The third kappa shape index (κ3) is 2.57. The zero-order valence-electron chi connectivity index (χ0n) is 13.0. The van der Waals surface area contributed by atoms with Gasteiger partial charge in [0.1, 0.15) is 5.69 Å². The molecule has 0 aliphatic carbocycles. The Bertz CT molecular complexity index is 820. The average molecular weight is 293 g/mol. The van der Waals surface area contributed by atoms with Gasteiger partial charge in [0.15, 0.2) is 5.82 Å². The van der Waals surface area contributed by atoms with E-state index in [-0.39, 0.29) is 0 Å². The lowest BCUT2D eigenvalue weighted by atomic mass is 10.1. The first-order valence-corrected chi connectivity index (χ1v) is 7.33. The van der Waals surface area contributed by atoms with E-state index in [1.807, 2.05) is 26.0 Å². The van der Waals surface area contributed by atoms with Crippen LogP contribution in [0.4, 0.5) is 5.69 Å². The van der Waals surface area contributed by atoms with E-state index in [1.54, 1.807) is 17.1 Å². The summed E-state index contributed by atoms with van der Waals surface area (Å²) >= 11 is 0. The van der Waals surface area contributed by atoms with Crippen molar-refractivity contribution in [3.63, 3.8) is 0 Å². The first-order valence-electron chi connectivity index (χ1n) is 7.33. The third-order valence-corrected chi connectivity index (χ3v) is 3.62. The van der Waals surface area contributed by atoms with Gasteiger partial charge < -0.3 is 5.73 Å². The number of aryl methyl sites for hydroxylation is 3. The van der Waals surface area contributed by atoms with Crippen LogP contribution in [0, 0.1) is 13.8 Å². The molecule has 0 unspecified atom stereocenters. The fourth-order valence-electron chi connectivity index (χ4n) is 2.40. The number of rotatable bonds is 3. The van der Waals surface area contributed by atoms with Crippen LogP contribution in [-0.2, 0) is 6.42 Å². The lowest BCUT2D eigenvalue weighted by Gasteiger charge is -2.05. The van der Waals surface area contributed by atoms with E-state index in [1.165, 1.54) is 5.56 Å². The van der Waals surface area contributed by atoms with Gasteiger partial charge in [-0.25, -0.2) is 9.67 Å². The molecule has 5 nitrogen and oxygen atoms in total. The van der Waals surface area contributed by atoms with Crippen molar-refractivity contribution in [3.05, 3.63) is 53.6 Å². The summed E-state index contributed by atoms with van der Waals surface area (Å²) in [7, 11) is 0. The van der Waals surface area contributed by atoms with E-state index >= 15 is 0 Å². The summed E-state index contributed by atoms with van der Waals surface area (Å²) in [5.74, 6) is 0.713. The van der Waals surface area contributed by atoms with E-state index in [0.29, 0.717) is 11.5 Å². The summed E-state index contributed by atoms with van der Waals surface area (Å²) in [6.07, 6.45) is 4.53. The van der Waals surface area contributed by atoms with Gasteiger partial charge in [0.2, 0.25) is 0 Å². The molecule has 0 aliphatic rings. The van der Waals surface area contributed by atoms with Crippen molar-refractivity contribution in [2.75, 3.05) is 5.73 Å². The third-order valence-electron chi connectivity index (χ3n) is 3.62. The van der Waals surface area contributed by atoms with E-state index in [4.69, 9.17) is 5.73 Å². The monoisotopic (exact) mass is 293 g/mol. The number of nitrogens with two attached hydrogens (primary N) is 1. The summed E-state index contributed by atoms with van der Waals surface area (Å²) < 4.78 is 1.71. The highest BCUT2D eigenvalue weighted by Gasteiger charge is 2.13. The predicted octanol–water partition coefficient (Wildman–Crippen LogP) is 3.09. The van der Waals surface area contributed by atoms with Crippen LogP contribution in [0.5, 0.6) is 0 Å². The first-order chi connectivity index (χ1) is 10.6. The maximum atomic E-state index is 6.16. The molecule has 1 aromatic carbocycles. The van der Waals surface area contributed by atoms with Crippen molar-refractivity contribution in [3.8, 4) is 17.1 Å². The number of aromatic nitrogens is 4. The predicted molar refractivity (Wildman–Crippen MR) is 87.9 cm³/mol. The van der Waals surface area contributed by atoms with Crippen LogP contribution in [-0.4, -0.2) is 19.7 Å². The second-order valence-corrected chi connectivity index (χ2v) is 5.35. The van der Waals surface area contributed by atoms with Crippen LogP contribution in [0.2, 0.25) is 0 Å². The molecule has 0 fully saturated rings. The summed E-state index contributed by atoms with van der Waals surface area (Å²) in [5.41, 5.74) is 11.5. The van der Waals surface area contributed by atoms with Crippen LogP contribution in [0.15, 0.2) is 36.7 Å². The van der Waals surface area contributed by atoms with Crippen molar-refractivity contribution >= 4 is 5.69 Å². The molecule has 0 spiro atoms. The van der Waals surface area contributed by atoms with Crippen molar-refractivity contribution in [1.82, 2.24) is 19.7 Å². The fourth-order valence-corrected chi connectivity index (χ4v) is 2.40. The minimum atomic E-state index is 0.635. The van der Waals surface area contributed by atoms with E-state index in [9.17, 15) is 0 Å². The Balaban J connectivity index is 2.09. The molecule has 0 bridgehead atoms. The molecule has 2 heterocycles. The Morgan fingerprint density at radius 3 is 2.82 bits per heavy atom. The Morgan fingerprint density at radius 2 is 2.05 bits per heavy atom. The van der Waals surface area contributed by atoms with Gasteiger partial charge in [-0.1, -0.05) is 25.1 Å². The van der Waals surface area contributed by atoms with Crippen LogP contribution in [0.3, 0.4) is 0 Å². The molecule has 112 valence electrons. The molecule has 0 radical (unpaired) electrons. The molecule has 2 aromatic heterocycles. The second kappa shape index (κ2) is 5.60. The number of anilines is 1. The molecular weight excluding hydrogens is 274 g/mol. The molecule has 5 heteroatoms. The lowest BCUT2D eigenvalue weighted by Crippen LogP contribution is -2.04. The SMILES string of the molecule is CCc1cccc(-c2nn(-c3nc(C)cnc3C)cc2N)c1. The smallest absolute Gasteiger partial charge is 0.175 e. The summed E-state index contributed by atoms with van der Waals surface area (Å²) in [6, 6.07) is 8.28. The number of nitrogen functional groups attached to an aromatic ring is 1. The van der Waals surface area contributed by atoms with Gasteiger partial charge in [0.25, 0.3) is 0 Å². The molecule has 3 aromatic rings. The summed E-state index contributed by atoms with van der Waals surface area (Å²) in [5, 5.41) is 4.62. The van der Waals surface area contributed by atoms with E-state index in [0.717, 1.165) is 29.1 Å². The molecule has 3 rings (SSSR count). The number of benzene rings is 1. The maximum absolute atomic E-state index is 6.16. The van der Waals surface area contributed by atoms with Gasteiger partial charge in [-0.2, -0.15) is 5.10 Å². The van der Waals surface area contributed by atoms with Gasteiger partial charge in [-0.15, -0.1) is 0 Å². The molecule has 0 amide bonds. The Kier molecular flexibility index (Phi) is 3.63. The molecule has 0 saturated carbocycles. The van der Waals surface area contributed by atoms with Gasteiger partial charge in [-0.3, -0.25) is 4.98 Å². The van der Waals surface area contributed by atoms with E-state index < -0.39 is 0 Å². The van der Waals surface area contributed by atoms with Crippen molar-refractivity contribution in [2.45, 2.75) is 27.2 Å². The Labute approximate surface area is 129 Å². The van der Waals surface area contributed by atoms with Gasteiger partial charge >= 0.3 is 0 Å². The Hall–Kier alpha value is -2.69. The summed E-state index contributed by atoms with van der Waals surface area (Å²) in [6.45, 7) is 5.96. The zero-order chi connectivity index (χ0) is 15.7. The molecule has 0 saturated heterocycles. The maximum Gasteiger partial charge on any atom is 0.175 e. The van der Waals surface area contributed by atoms with Crippen LogP contribution >= 0.6 is 0 Å². The van der Waals surface area contributed by atoms with Crippen LogP contribution in [0.25, 0.3) is 17.1 Å². The molecule has 2 N–H and O–H groups in total. The van der Waals surface area contributed by atoms with Crippen LogP contribution < -0.4 is 5.73 Å². The average Bonchev–Trinajstić information content (AvgIpc) is 2.91.